The standard InChI is InChI=1S/C24H23NO4/c1-28-23-14-17(10-13-22(23)29-15-16-6-3-2-4-7-16)24(27)25-20-12-11-19-18(20)8-5-9-21(19)26/h2-10,13-14,20,26H,11-12,15H2,1H3,(H,25,27). The van der Waals surface area contributed by atoms with Crippen molar-refractivity contribution in [3.05, 3.63) is 89.0 Å². The van der Waals surface area contributed by atoms with E-state index in [0.717, 1.165) is 29.5 Å². The highest BCUT2D eigenvalue weighted by Crippen LogP contribution is 2.36. The van der Waals surface area contributed by atoms with Gasteiger partial charge in [0.1, 0.15) is 12.4 Å². The average Bonchev–Trinajstić information content (AvgIpc) is 3.17. The molecule has 0 aromatic heterocycles. The fourth-order valence-corrected chi connectivity index (χ4v) is 3.69. The predicted octanol–water partition coefficient (Wildman–Crippen LogP) is 4.40. The summed E-state index contributed by atoms with van der Waals surface area (Å²) < 4.78 is 11.3. The highest BCUT2D eigenvalue weighted by molar-refractivity contribution is 5.95. The molecule has 148 valence electrons. The maximum atomic E-state index is 12.8. The second kappa shape index (κ2) is 8.27. The Labute approximate surface area is 169 Å². The molecular formula is C24H23NO4. The van der Waals surface area contributed by atoms with Crippen LogP contribution in [0.4, 0.5) is 0 Å². The number of ether oxygens (including phenoxy) is 2. The van der Waals surface area contributed by atoms with Crippen LogP contribution in [0.3, 0.4) is 0 Å². The van der Waals surface area contributed by atoms with Crippen molar-refractivity contribution in [3.8, 4) is 17.2 Å². The quantitative estimate of drug-likeness (QED) is 0.656. The van der Waals surface area contributed by atoms with Crippen molar-refractivity contribution in [3.63, 3.8) is 0 Å². The minimum absolute atomic E-state index is 0.107. The lowest BCUT2D eigenvalue weighted by Crippen LogP contribution is -2.27. The zero-order valence-corrected chi connectivity index (χ0v) is 16.2. The first-order valence-electron chi connectivity index (χ1n) is 9.62. The SMILES string of the molecule is COc1cc(C(=O)NC2CCc3c(O)cccc32)ccc1OCc1ccccc1. The molecule has 2 N–H and O–H groups in total. The molecule has 29 heavy (non-hydrogen) atoms. The van der Waals surface area contributed by atoms with Gasteiger partial charge in [-0.3, -0.25) is 4.79 Å². The number of carbonyl (C=O) groups excluding carboxylic acids is 1. The summed E-state index contributed by atoms with van der Waals surface area (Å²) in [5.74, 6) is 1.21. The van der Waals surface area contributed by atoms with E-state index >= 15 is 0 Å². The van der Waals surface area contributed by atoms with Crippen molar-refractivity contribution in [2.45, 2.75) is 25.5 Å². The van der Waals surface area contributed by atoms with Gasteiger partial charge in [-0.2, -0.15) is 0 Å². The third kappa shape index (κ3) is 4.04. The molecule has 5 heteroatoms. The fourth-order valence-electron chi connectivity index (χ4n) is 3.69. The van der Waals surface area contributed by atoms with Crippen LogP contribution in [0.15, 0.2) is 66.7 Å². The Morgan fingerprint density at radius 3 is 2.69 bits per heavy atom. The van der Waals surface area contributed by atoms with Gasteiger partial charge in [0, 0.05) is 5.56 Å². The molecule has 3 aromatic carbocycles. The van der Waals surface area contributed by atoms with E-state index in [4.69, 9.17) is 9.47 Å². The molecule has 0 fully saturated rings. The molecule has 1 unspecified atom stereocenters. The molecule has 1 aliphatic rings. The fraction of sp³-hybridized carbons (Fsp3) is 0.208. The van der Waals surface area contributed by atoms with E-state index in [1.54, 1.807) is 37.4 Å². The Morgan fingerprint density at radius 1 is 1.07 bits per heavy atom. The highest BCUT2D eigenvalue weighted by Gasteiger charge is 2.26. The Bertz CT molecular complexity index is 1020. The molecular weight excluding hydrogens is 366 g/mol. The minimum Gasteiger partial charge on any atom is -0.508 e. The summed E-state index contributed by atoms with van der Waals surface area (Å²) in [6.45, 7) is 0.422. The van der Waals surface area contributed by atoms with E-state index in [1.165, 1.54) is 0 Å². The van der Waals surface area contributed by atoms with Crippen molar-refractivity contribution in [2.24, 2.45) is 0 Å². The van der Waals surface area contributed by atoms with Crippen LogP contribution in [0, 0.1) is 0 Å². The first kappa shape index (κ1) is 18.9. The molecule has 5 nitrogen and oxygen atoms in total. The first-order chi connectivity index (χ1) is 14.2. The lowest BCUT2D eigenvalue weighted by molar-refractivity contribution is 0.0936. The summed E-state index contributed by atoms with van der Waals surface area (Å²) in [6, 6.07) is 20.4. The molecule has 1 atom stereocenters. The van der Waals surface area contributed by atoms with Crippen LogP contribution in [-0.2, 0) is 13.0 Å². The van der Waals surface area contributed by atoms with Crippen LogP contribution in [0.5, 0.6) is 17.2 Å². The second-order valence-corrected chi connectivity index (χ2v) is 7.05. The molecule has 0 spiro atoms. The van der Waals surface area contributed by atoms with E-state index in [9.17, 15) is 9.90 Å². The van der Waals surface area contributed by atoms with Gasteiger partial charge in [0.15, 0.2) is 11.5 Å². The van der Waals surface area contributed by atoms with Gasteiger partial charge in [-0.05, 0) is 53.8 Å². The number of nitrogens with one attached hydrogen (secondary N) is 1. The van der Waals surface area contributed by atoms with Gasteiger partial charge >= 0.3 is 0 Å². The number of amides is 1. The van der Waals surface area contributed by atoms with E-state index in [-0.39, 0.29) is 11.9 Å². The van der Waals surface area contributed by atoms with E-state index in [1.807, 2.05) is 36.4 Å². The lowest BCUT2D eigenvalue weighted by Gasteiger charge is -2.16. The Hall–Kier alpha value is -3.47. The molecule has 1 aliphatic carbocycles. The number of phenolic OH excluding ortho intramolecular Hbond substituents is 1. The lowest BCUT2D eigenvalue weighted by atomic mass is 10.1. The van der Waals surface area contributed by atoms with Crippen molar-refractivity contribution in [1.82, 2.24) is 5.32 Å². The maximum absolute atomic E-state index is 12.8. The predicted molar refractivity (Wildman–Crippen MR) is 110 cm³/mol. The van der Waals surface area contributed by atoms with E-state index in [2.05, 4.69) is 5.32 Å². The number of aromatic hydroxyl groups is 1. The van der Waals surface area contributed by atoms with Crippen molar-refractivity contribution in [1.29, 1.82) is 0 Å². The third-order valence-corrected chi connectivity index (χ3v) is 5.21. The van der Waals surface area contributed by atoms with Gasteiger partial charge in [0.25, 0.3) is 5.91 Å². The molecule has 3 aromatic rings. The van der Waals surface area contributed by atoms with Gasteiger partial charge in [0.2, 0.25) is 0 Å². The summed E-state index contributed by atoms with van der Waals surface area (Å²) in [4.78, 5) is 12.8. The Balaban J connectivity index is 1.46. The second-order valence-electron chi connectivity index (χ2n) is 7.05. The smallest absolute Gasteiger partial charge is 0.251 e. The Kier molecular flexibility index (Phi) is 5.38. The molecule has 0 heterocycles. The van der Waals surface area contributed by atoms with Crippen LogP contribution in [0.1, 0.15) is 39.5 Å². The molecule has 4 rings (SSSR count). The van der Waals surface area contributed by atoms with Crippen LogP contribution in [0.2, 0.25) is 0 Å². The first-order valence-corrected chi connectivity index (χ1v) is 9.62. The van der Waals surface area contributed by atoms with Crippen molar-refractivity contribution >= 4 is 5.91 Å². The van der Waals surface area contributed by atoms with Crippen LogP contribution >= 0.6 is 0 Å². The minimum atomic E-state index is -0.181. The molecule has 1 amide bonds. The van der Waals surface area contributed by atoms with Crippen LogP contribution in [-0.4, -0.2) is 18.1 Å². The molecule has 0 aliphatic heterocycles. The van der Waals surface area contributed by atoms with Gasteiger partial charge in [-0.15, -0.1) is 0 Å². The topological polar surface area (TPSA) is 67.8 Å². The number of methoxy groups -OCH3 is 1. The number of carbonyl (C=O) groups is 1. The van der Waals surface area contributed by atoms with Crippen molar-refractivity contribution in [2.75, 3.05) is 7.11 Å². The molecule has 0 bridgehead atoms. The number of hydrogen-bond donors (Lipinski definition) is 2. The zero-order chi connectivity index (χ0) is 20.2. The number of phenols is 1. The summed E-state index contributed by atoms with van der Waals surface area (Å²) in [5, 5.41) is 13.0. The normalized spacial score (nSPS) is 14.9. The molecule has 0 saturated carbocycles. The number of rotatable bonds is 6. The van der Waals surface area contributed by atoms with Gasteiger partial charge in [0.05, 0.1) is 13.2 Å². The zero-order valence-electron chi connectivity index (χ0n) is 16.2. The number of fused-ring (bicyclic) bond motifs is 1. The van der Waals surface area contributed by atoms with E-state index in [0.29, 0.717) is 29.4 Å². The summed E-state index contributed by atoms with van der Waals surface area (Å²) >= 11 is 0. The van der Waals surface area contributed by atoms with Gasteiger partial charge in [-0.25, -0.2) is 0 Å². The molecule has 0 radical (unpaired) electrons. The van der Waals surface area contributed by atoms with Crippen molar-refractivity contribution < 1.29 is 19.4 Å². The molecule has 0 saturated heterocycles. The monoisotopic (exact) mass is 389 g/mol. The number of hydrogen-bond acceptors (Lipinski definition) is 4. The van der Waals surface area contributed by atoms with Gasteiger partial charge in [-0.1, -0.05) is 42.5 Å². The summed E-state index contributed by atoms with van der Waals surface area (Å²) in [6.07, 6.45) is 1.52. The largest absolute Gasteiger partial charge is 0.508 e. The van der Waals surface area contributed by atoms with Crippen LogP contribution in [0.25, 0.3) is 0 Å². The Morgan fingerprint density at radius 2 is 1.90 bits per heavy atom. The highest BCUT2D eigenvalue weighted by atomic mass is 16.5. The average molecular weight is 389 g/mol. The number of benzene rings is 3. The van der Waals surface area contributed by atoms with E-state index < -0.39 is 0 Å². The summed E-state index contributed by atoms with van der Waals surface area (Å²) in [7, 11) is 1.56. The third-order valence-electron chi connectivity index (χ3n) is 5.21. The van der Waals surface area contributed by atoms with Gasteiger partial charge < -0.3 is 19.9 Å². The maximum Gasteiger partial charge on any atom is 0.251 e. The van der Waals surface area contributed by atoms with Crippen LogP contribution < -0.4 is 14.8 Å². The summed E-state index contributed by atoms with van der Waals surface area (Å²) in [5.41, 5.74) is 3.45.